The van der Waals surface area contributed by atoms with Crippen molar-refractivity contribution in [2.24, 2.45) is 5.92 Å². The number of hydrogen-bond acceptors (Lipinski definition) is 3. The van der Waals surface area contributed by atoms with Crippen LogP contribution in [0, 0.1) is 5.92 Å². The zero-order valence-corrected chi connectivity index (χ0v) is 13.2. The van der Waals surface area contributed by atoms with Gasteiger partial charge in [0.15, 0.2) is 0 Å². The Balaban J connectivity index is 1.87. The van der Waals surface area contributed by atoms with Crippen molar-refractivity contribution in [3.8, 4) is 0 Å². The predicted molar refractivity (Wildman–Crippen MR) is 87.1 cm³/mol. The first-order chi connectivity index (χ1) is 10.6. The summed E-state index contributed by atoms with van der Waals surface area (Å²) in [6.45, 7) is 0.0326. The SMILES string of the molecule is O=S(=O)(NC1CCCCC1CO)c1ccc2ccccc2c1. The van der Waals surface area contributed by atoms with Gasteiger partial charge in [-0.3, -0.25) is 0 Å². The molecule has 2 N–H and O–H groups in total. The van der Waals surface area contributed by atoms with Crippen LogP contribution in [0.4, 0.5) is 0 Å². The molecule has 0 aliphatic heterocycles. The molecule has 22 heavy (non-hydrogen) atoms. The molecule has 2 atom stereocenters. The average molecular weight is 319 g/mol. The quantitative estimate of drug-likeness (QED) is 0.910. The maximum atomic E-state index is 12.6. The van der Waals surface area contributed by atoms with Crippen molar-refractivity contribution in [2.75, 3.05) is 6.61 Å². The van der Waals surface area contributed by atoms with E-state index in [0.717, 1.165) is 36.5 Å². The molecule has 1 saturated carbocycles. The van der Waals surface area contributed by atoms with Gasteiger partial charge < -0.3 is 5.11 Å². The van der Waals surface area contributed by atoms with Crippen molar-refractivity contribution in [1.82, 2.24) is 4.72 Å². The van der Waals surface area contributed by atoms with Gasteiger partial charge in [-0.05, 0) is 41.7 Å². The van der Waals surface area contributed by atoms with E-state index in [1.54, 1.807) is 12.1 Å². The van der Waals surface area contributed by atoms with E-state index < -0.39 is 10.0 Å². The first kappa shape index (κ1) is 15.5. The molecule has 1 aliphatic rings. The van der Waals surface area contributed by atoms with Crippen LogP contribution in [-0.2, 0) is 10.0 Å². The third kappa shape index (κ3) is 3.16. The standard InChI is InChI=1S/C17H21NO3S/c19-12-15-7-3-4-8-17(15)18-22(20,21)16-10-9-13-5-1-2-6-14(13)11-16/h1-2,5-6,9-11,15,17-19H,3-4,7-8,12H2. The minimum Gasteiger partial charge on any atom is -0.396 e. The van der Waals surface area contributed by atoms with E-state index in [2.05, 4.69) is 4.72 Å². The van der Waals surface area contributed by atoms with Crippen LogP contribution in [0.3, 0.4) is 0 Å². The summed E-state index contributed by atoms with van der Waals surface area (Å²) in [7, 11) is -3.56. The van der Waals surface area contributed by atoms with Crippen LogP contribution in [0.1, 0.15) is 25.7 Å². The molecule has 2 aromatic rings. The molecule has 0 radical (unpaired) electrons. The number of sulfonamides is 1. The monoisotopic (exact) mass is 319 g/mol. The average Bonchev–Trinajstić information content (AvgIpc) is 2.54. The highest BCUT2D eigenvalue weighted by molar-refractivity contribution is 7.89. The Bertz CT molecular complexity index is 757. The van der Waals surface area contributed by atoms with Crippen LogP contribution in [0.5, 0.6) is 0 Å². The molecule has 2 unspecified atom stereocenters. The number of fused-ring (bicyclic) bond motifs is 1. The van der Waals surface area contributed by atoms with E-state index in [4.69, 9.17) is 0 Å². The Morgan fingerprint density at radius 1 is 1.05 bits per heavy atom. The van der Waals surface area contributed by atoms with Crippen LogP contribution in [-0.4, -0.2) is 26.2 Å². The van der Waals surface area contributed by atoms with Gasteiger partial charge >= 0.3 is 0 Å². The second-order valence-electron chi connectivity index (χ2n) is 5.96. The highest BCUT2D eigenvalue weighted by Gasteiger charge is 2.29. The Morgan fingerprint density at radius 2 is 1.77 bits per heavy atom. The van der Waals surface area contributed by atoms with Crippen molar-refractivity contribution < 1.29 is 13.5 Å². The lowest BCUT2D eigenvalue weighted by Gasteiger charge is -2.30. The zero-order valence-electron chi connectivity index (χ0n) is 12.4. The first-order valence-corrected chi connectivity index (χ1v) is 9.20. The van der Waals surface area contributed by atoms with Gasteiger partial charge in [-0.2, -0.15) is 0 Å². The van der Waals surface area contributed by atoms with E-state index in [1.165, 1.54) is 0 Å². The topological polar surface area (TPSA) is 66.4 Å². The molecule has 0 aromatic heterocycles. The lowest BCUT2D eigenvalue weighted by atomic mass is 9.86. The van der Waals surface area contributed by atoms with Gasteiger partial charge in [0.25, 0.3) is 0 Å². The van der Waals surface area contributed by atoms with Gasteiger partial charge in [0, 0.05) is 12.6 Å². The molecule has 3 rings (SSSR count). The van der Waals surface area contributed by atoms with Gasteiger partial charge in [0.05, 0.1) is 4.90 Å². The molecular weight excluding hydrogens is 298 g/mol. The highest BCUT2D eigenvalue weighted by atomic mass is 32.2. The summed E-state index contributed by atoms with van der Waals surface area (Å²) in [6.07, 6.45) is 3.72. The Kier molecular flexibility index (Phi) is 4.47. The number of hydrogen-bond donors (Lipinski definition) is 2. The van der Waals surface area contributed by atoms with Gasteiger partial charge in [-0.25, -0.2) is 13.1 Å². The largest absolute Gasteiger partial charge is 0.396 e. The minimum atomic E-state index is -3.56. The van der Waals surface area contributed by atoms with Crippen LogP contribution < -0.4 is 4.72 Å². The molecule has 118 valence electrons. The summed E-state index contributed by atoms with van der Waals surface area (Å²) in [4.78, 5) is 0.286. The van der Waals surface area contributed by atoms with Gasteiger partial charge in [-0.15, -0.1) is 0 Å². The summed E-state index contributed by atoms with van der Waals surface area (Å²) in [5, 5.41) is 11.4. The molecule has 0 amide bonds. The lowest BCUT2D eigenvalue weighted by molar-refractivity contribution is 0.164. The molecule has 5 heteroatoms. The molecule has 0 heterocycles. The number of nitrogens with one attached hydrogen (secondary N) is 1. The van der Waals surface area contributed by atoms with E-state index >= 15 is 0 Å². The summed E-state index contributed by atoms with van der Waals surface area (Å²) in [5.41, 5.74) is 0. The van der Waals surface area contributed by atoms with E-state index in [9.17, 15) is 13.5 Å². The van der Waals surface area contributed by atoms with Crippen molar-refractivity contribution >= 4 is 20.8 Å². The summed E-state index contributed by atoms with van der Waals surface area (Å²) >= 11 is 0. The number of aliphatic hydroxyl groups is 1. The third-order valence-electron chi connectivity index (χ3n) is 4.48. The highest BCUT2D eigenvalue weighted by Crippen LogP contribution is 2.26. The van der Waals surface area contributed by atoms with Gasteiger partial charge in [0.2, 0.25) is 10.0 Å². The lowest BCUT2D eigenvalue weighted by Crippen LogP contribution is -2.43. The predicted octanol–water partition coefficient (Wildman–Crippen LogP) is 2.67. The summed E-state index contributed by atoms with van der Waals surface area (Å²) in [5.74, 6) is 0.0176. The Hall–Kier alpha value is -1.43. The fourth-order valence-corrected chi connectivity index (χ4v) is 4.56. The molecular formula is C17H21NO3S. The smallest absolute Gasteiger partial charge is 0.240 e. The van der Waals surface area contributed by atoms with E-state index in [0.29, 0.717) is 0 Å². The Morgan fingerprint density at radius 3 is 2.55 bits per heavy atom. The Labute approximate surface area is 131 Å². The maximum absolute atomic E-state index is 12.6. The number of rotatable bonds is 4. The molecule has 0 bridgehead atoms. The molecule has 1 fully saturated rings. The maximum Gasteiger partial charge on any atom is 0.240 e. The number of benzene rings is 2. The number of aliphatic hydroxyl groups excluding tert-OH is 1. The fourth-order valence-electron chi connectivity index (χ4n) is 3.18. The van der Waals surface area contributed by atoms with Crippen molar-refractivity contribution in [3.63, 3.8) is 0 Å². The van der Waals surface area contributed by atoms with Gasteiger partial charge in [-0.1, -0.05) is 43.2 Å². The van der Waals surface area contributed by atoms with Crippen molar-refractivity contribution in [3.05, 3.63) is 42.5 Å². The van der Waals surface area contributed by atoms with E-state index in [1.807, 2.05) is 30.3 Å². The van der Waals surface area contributed by atoms with Crippen LogP contribution in [0.15, 0.2) is 47.4 Å². The van der Waals surface area contributed by atoms with Gasteiger partial charge in [0.1, 0.15) is 0 Å². The van der Waals surface area contributed by atoms with Crippen LogP contribution in [0.2, 0.25) is 0 Å². The molecule has 4 nitrogen and oxygen atoms in total. The van der Waals surface area contributed by atoms with Crippen molar-refractivity contribution in [1.29, 1.82) is 0 Å². The third-order valence-corrected chi connectivity index (χ3v) is 5.97. The fraction of sp³-hybridized carbons (Fsp3) is 0.412. The summed E-state index contributed by atoms with van der Waals surface area (Å²) in [6, 6.07) is 12.7. The molecule has 0 spiro atoms. The van der Waals surface area contributed by atoms with E-state index in [-0.39, 0.29) is 23.5 Å². The first-order valence-electron chi connectivity index (χ1n) is 7.72. The van der Waals surface area contributed by atoms with Crippen LogP contribution in [0.25, 0.3) is 10.8 Å². The second-order valence-corrected chi connectivity index (χ2v) is 7.68. The molecule has 0 saturated heterocycles. The molecule has 1 aliphatic carbocycles. The molecule has 2 aromatic carbocycles. The summed E-state index contributed by atoms with van der Waals surface area (Å²) < 4.78 is 28.0. The van der Waals surface area contributed by atoms with Crippen LogP contribution >= 0.6 is 0 Å². The minimum absolute atomic E-state index is 0.0176. The second kappa shape index (κ2) is 6.36. The zero-order chi connectivity index (χ0) is 15.6. The normalized spacial score (nSPS) is 22.8. The van der Waals surface area contributed by atoms with Crippen molar-refractivity contribution in [2.45, 2.75) is 36.6 Å².